The van der Waals surface area contributed by atoms with Gasteiger partial charge in [0.25, 0.3) is 0 Å². The Morgan fingerprint density at radius 3 is 2.50 bits per heavy atom. The van der Waals surface area contributed by atoms with E-state index in [9.17, 15) is 4.79 Å². The van der Waals surface area contributed by atoms with E-state index < -0.39 is 0 Å². The molecule has 0 N–H and O–H groups in total. The Kier molecular flexibility index (Phi) is 3.76. The average Bonchev–Trinajstić information content (AvgIpc) is 2.93. The number of rotatable bonds is 2. The fourth-order valence-corrected chi connectivity index (χ4v) is 3.94. The van der Waals surface area contributed by atoms with Gasteiger partial charge in [0, 0.05) is 51.1 Å². The molecule has 3 aliphatic rings. The number of para-hydroxylation sites is 1. The summed E-state index contributed by atoms with van der Waals surface area (Å²) in [5.41, 5.74) is 1.01. The monoisotopic (exact) mass is 301 g/mol. The van der Waals surface area contributed by atoms with Crippen molar-refractivity contribution in [1.82, 2.24) is 9.80 Å². The number of carbonyl (C=O) groups is 1. The van der Waals surface area contributed by atoms with Gasteiger partial charge in [-0.2, -0.15) is 0 Å². The molecular weight excluding hydrogens is 278 g/mol. The van der Waals surface area contributed by atoms with Crippen LogP contribution in [0.4, 0.5) is 10.5 Å². The van der Waals surface area contributed by atoms with Crippen LogP contribution in [0.1, 0.15) is 12.8 Å². The third-order valence-corrected chi connectivity index (χ3v) is 5.16. The van der Waals surface area contributed by atoms with Crippen molar-refractivity contribution >= 4 is 11.7 Å². The predicted octanol–water partition coefficient (Wildman–Crippen LogP) is 1.79. The van der Waals surface area contributed by atoms with E-state index >= 15 is 0 Å². The number of benzene rings is 1. The summed E-state index contributed by atoms with van der Waals surface area (Å²) in [4.78, 5) is 19.2. The maximum atomic E-state index is 12.6. The van der Waals surface area contributed by atoms with E-state index in [-0.39, 0.29) is 6.03 Å². The molecular formula is C17H23N3O2. The van der Waals surface area contributed by atoms with Crippen LogP contribution in [0.15, 0.2) is 30.3 Å². The highest BCUT2D eigenvalue weighted by molar-refractivity contribution is 5.94. The molecule has 3 fully saturated rings. The number of piperazine rings is 1. The molecule has 1 atom stereocenters. The largest absolute Gasteiger partial charge is 0.381 e. The second-order valence-corrected chi connectivity index (χ2v) is 6.41. The van der Waals surface area contributed by atoms with Gasteiger partial charge in [-0.15, -0.1) is 0 Å². The normalized spacial score (nSPS) is 27.3. The summed E-state index contributed by atoms with van der Waals surface area (Å²) in [5.74, 6) is 0. The third-order valence-electron chi connectivity index (χ3n) is 5.16. The molecule has 1 aromatic rings. The molecule has 22 heavy (non-hydrogen) atoms. The first-order valence-corrected chi connectivity index (χ1v) is 8.28. The van der Waals surface area contributed by atoms with Crippen molar-refractivity contribution in [1.29, 1.82) is 0 Å². The number of nitrogens with zero attached hydrogens (tertiary/aromatic N) is 3. The minimum atomic E-state index is 0.169. The molecule has 3 heterocycles. The molecule has 0 unspecified atom stereocenters. The van der Waals surface area contributed by atoms with Crippen molar-refractivity contribution in [2.45, 2.75) is 24.9 Å². The van der Waals surface area contributed by atoms with Gasteiger partial charge >= 0.3 is 6.03 Å². The van der Waals surface area contributed by atoms with Crippen LogP contribution >= 0.6 is 0 Å². The molecule has 0 bridgehead atoms. The van der Waals surface area contributed by atoms with Crippen LogP contribution in [0.3, 0.4) is 0 Å². The van der Waals surface area contributed by atoms with Crippen molar-refractivity contribution < 1.29 is 9.53 Å². The predicted molar refractivity (Wildman–Crippen MR) is 85.1 cm³/mol. The molecule has 2 amide bonds. The number of ether oxygens (including phenoxy) is 1. The Hall–Kier alpha value is -1.59. The molecule has 118 valence electrons. The van der Waals surface area contributed by atoms with Crippen molar-refractivity contribution in [2.75, 3.05) is 44.3 Å². The molecule has 0 saturated carbocycles. The van der Waals surface area contributed by atoms with Crippen molar-refractivity contribution in [3.8, 4) is 0 Å². The summed E-state index contributed by atoms with van der Waals surface area (Å²) in [6.07, 6.45) is 2.26. The number of amides is 2. The van der Waals surface area contributed by atoms with E-state index in [0.29, 0.717) is 12.1 Å². The number of carbonyl (C=O) groups excluding carboxylic acids is 1. The zero-order valence-corrected chi connectivity index (χ0v) is 12.9. The Morgan fingerprint density at radius 2 is 1.73 bits per heavy atom. The summed E-state index contributed by atoms with van der Waals surface area (Å²) >= 11 is 0. The summed E-state index contributed by atoms with van der Waals surface area (Å²) in [6.45, 7) is 5.41. The van der Waals surface area contributed by atoms with Crippen molar-refractivity contribution in [3.63, 3.8) is 0 Å². The van der Waals surface area contributed by atoms with Crippen LogP contribution in [0.2, 0.25) is 0 Å². The lowest BCUT2D eigenvalue weighted by Crippen LogP contribution is -2.55. The van der Waals surface area contributed by atoms with Gasteiger partial charge in [0.05, 0.1) is 6.04 Å². The first kappa shape index (κ1) is 14.0. The highest BCUT2D eigenvalue weighted by Gasteiger charge is 2.42. The van der Waals surface area contributed by atoms with Crippen molar-refractivity contribution in [3.05, 3.63) is 30.3 Å². The van der Waals surface area contributed by atoms with Crippen LogP contribution in [0, 0.1) is 0 Å². The maximum Gasteiger partial charge on any atom is 0.324 e. The van der Waals surface area contributed by atoms with Gasteiger partial charge in [0.15, 0.2) is 0 Å². The smallest absolute Gasteiger partial charge is 0.324 e. The van der Waals surface area contributed by atoms with Gasteiger partial charge in [-0.25, -0.2) is 4.79 Å². The standard InChI is InChI=1S/C17H23N3O2/c21-17-19-9-8-18(14-6-10-22-11-7-14)12-16(19)13-20(17)15-4-2-1-3-5-15/h1-5,14,16H,6-13H2/t16-/m1/s1. The molecule has 0 spiro atoms. The maximum absolute atomic E-state index is 12.6. The van der Waals surface area contributed by atoms with E-state index in [1.165, 1.54) is 0 Å². The number of urea groups is 1. The molecule has 1 aromatic carbocycles. The van der Waals surface area contributed by atoms with Gasteiger partial charge in [0.2, 0.25) is 0 Å². The molecule has 5 nitrogen and oxygen atoms in total. The summed E-state index contributed by atoms with van der Waals surface area (Å²) < 4.78 is 5.47. The Bertz CT molecular complexity index is 530. The Balaban J connectivity index is 1.46. The van der Waals surface area contributed by atoms with Crippen LogP contribution in [0.25, 0.3) is 0 Å². The lowest BCUT2D eigenvalue weighted by Gasteiger charge is -2.42. The molecule has 3 aliphatic heterocycles. The number of fused-ring (bicyclic) bond motifs is 1. The summed E-state index contributed by atoms with van der Waals surface area (Å²) in [7, 11) is 0. The van der Waals surface area contributed by atoms with Crippen LogP contribution in [-0.4, -0.2) is 67.3 Å². The van der Waals surface area contributed by atoms with Gasteiger partial charge in [0.1, 0.15) is 0 Å². The first-order chi connectivity index (χ1) is 10.8. The summed E-state index contributed by atoms with van der Waals surface area (Å²) in [6, 6.07) is 11.1. The minimum absolute atomic E-state index is 0.169. The van der Waals surface area contributed by atoms with Crippen molar-refractivity contribution in [2.24, 2.45) is 0 Å². The molecule has 5 heteroatoms. The van der Waals surface area contributed by atoms with Gasteiger partial charge in [-0.05, 0) is 25.0 Å². The highest BCUT2D eigenvalue weighted by Crippen LogP contribution is 2.28. The Labute approximate surface area is 131 Å². The van der Waals surface area contributed by atoms with Gasteiger partial charge < -0.3 is 9.64 Å². The fraction of sp³-hybridized carbons (Fsp3) is 0.588. The SMILES string of the molecule is O=C1N(c2ccccc2)C[C@H]2CN(C3CCOCC3)CCN12. The third kappa shape index (κ3) is 2.48. The zero-order valence-electron chi connectivity index (χ0n) is 12.9. The molecule has 0 aliphatic carbocycles. The molecule has 3 saturated heterocycles. The summed E-state index contributed by atoms with van der Waals surface area (Å²) in [5, 5.41) is 0. The van der Waals surface area contributed by atoms with E-state index in [1.54, 1.807) is 0 Å². The lowest BCUT2D eigenvalue weighted by molar-refractivity contribution is 0.0109. The number of hydrogen-bond donors (Lipinski definition) is 0. The van der Waals surface area contributed by atoms with Crippen LogP contribution < -0.4 is 4.90 Å². The number of hydrogen-bond acceptors (Lipinski definition) is 3. The first-order valence-electron chi connectivity index (χ1n) is 8.28. The van der Waals surface area contributed by atoms with Gasteiger partial charge in [-0.3, -0.25) is 9.80 Å². The molecule has 0 radical (unpaired) electrons. The quantitative estimate of drug-likeness (QED) is 0.835. The second kappa shape index (κ2) is 5.89. The van der Waals surface area contributed by atoms with E-state index in [1.807, 2.05) is 35.2 Å². The number of anilines is 1. The van der Waals surface area contributed by atoms with Crippen LogP contribution in [-0.2, 0) is 4.74 Å². The van der Waals surface area contributed by atoms with Gasteiger partial charge in [-0.1, -0.05) is 18.2 Å². The molecule has 4 rings (SSSR count). The van der Waals surface area contributed by atoms with E-state index in [4.69, 9.17) is 4.74 Å². The van der Waals surface area contributed by atoms with E-state index in [2.05, 4.69) is 9.80 Å². The fourth-order valence-electron chi connectivity index (χ4n) is 3.94. The van der Waals surface area contributed by atoms with E-state index in [0.717, 1.165) is 57.9 Å². The average molecular weight is 301 g/mol. The second-order valence-electron chi connectivity index (χ2n) is 6.41. The topological polar surface area (TPSA) is 36.0 Å². The molecule has 0 aromatic heterocycles. The van der Waals surface area contributed by atoms with Crippen LogP contribution in [0.5, 0.6) is 0 Å². The highest BCUT2D eigenvalue weighted by atomic mass is 16.5. The minimum Gasteiger partial charge on any atom is -0.381 e. The lowest BCUT2D eigenvalue weighted by atomic mass is 10.0. The zero-order chi connectivity index (χ0) is 14.9. The Morgan fingerprint density at radius 1 is 0.955 bits per heavy atom.